The molecular formula is C42H68O11. The maximum atomic E-state index is 13.8. The third-order valence-corrected chi connectivity index (χ3v) is 9.68. The Bertz CT molecular complexity index is 1190. The second kappa shape index (κ2) is 23.6. The van der Waals surface area contributed by atoms with E-state index in [1.807, 2.05) is 44.2 Å². The lowest BCUT2D eigenvalue weighted by Crippen LogP contribution is -2.62. The van der Waals surface area contributed by atoms with Crippen molar-refractivity contribution in [2.75, 3.05) is 39.6 Å². The molecule has 302 valence electrons. The Balaban J connectivity index is 1.69. The van der Waals surface area contributed by atoms with Crippen LogP contribution in [0.25, 0.3) is 0 Å². The minimum atomic E-state index is -1.04. The van der Waals surface area contributed by atoms with Crippen LogP contribution in [-0.4, -0.2) is 94.3 Å². The molecule has 0 radical (unpaired) electrons. The Morgan fingerprint density at radius 1 is 0.736 bits per heavy atom. The van der Waals surface area contributed by atoms with Crippen molar-refractivity contribution in [1.29, 1.82) is 0 Å². The predicted octanol–water partition coefficient (Wildman–Crippen LogP) is 8.17. The van der Waals surface area contributed by atoms with Crippen LogP contribution in [0.1, 0.15) is 124 Å². The summed E-state index contributed by atoms with van der Waals surface area (Å²) in [6.45, 7) is 15.2. The topological polar surface area (TPSA) is 109 Å². The molecule has 0 amide bonds. The number of esters is 1. The molecule has 53 heavy (non-hydrogen) atoms. The lowest BCUT2D eigenvalue weighted by Gasteiger charge is -2.45. The Kier molecular flexibility index (Phi) is 19.4. The molecule has 3 heterocycles. The summed E-state index contributed by atoms with van der Waals surface area (Å²) in [7, 11) is 0. The van der Waals surface area contributed by atoms with E-state index in [-0.39, 0.29) is 31.3 Å². The van der Waals surface area contributed by atoms with Crippen molar-refractivity contribution in [3.05, 3.63) is 47.4 Å². The number of hydrogen-bond acceptors (Lipinski definition) is 11. The van der Waals surface area contributed by atoms with Gasteiger partial charge in [-0.3, -0.25) is 0 Å². The zero-order chi connectivity index (χ0) is 37.9. The molecule has 2 fully saturated rings. The highest BCUT2D eigenvalue weighted by Crippen LogP contribution is 2.38. The first-order valence-corrected chi connectivity index (χ1v) is 20.5. The summed E-state index contributed by atoms with van der Waals surface area (Å²) in [5.41, 5.74) is 0.927. The van der Waals surface area contributed by atoms with Crippen LogP contribution in [0.4, 0.5) is 0 Å². The quantitative estimate of drug-likeness (QED) is 0.0642. The predicted molar refractivity (Wildman–Crippen MR) is 201 cm³/mol. The fourth-order valence-corrected chi connectivity index (χ4v) is 6.71. The Hall–Kier alpha value is -2.25. The van der Waals surface area contributed by atoms with E-state index in [0.717, 1.165) is 82.6 Å². The number of carbonyl (C=O) groups excluding carboxylic acids is 1. The molecule has 0 saturated carbocycles. The summed E-state index contributed by atoms with van der Waals surface area (Å²) >= 11 is 0. The van der Waals surface area contributed by atoms with Crippen LogP contribution in [0.2, 0.25) is 0 Å². The van der Waals surface area contributed by atoms with Crippen molar-refractivity contribution in [3.8, 4) is 0 Å². The summed E-state index contributed by atoms with van der Waals surface area (Å²) in [6, 6.07) is 9.75. The van der Waals surface area contributed by atoms with E-state index in [4.69, 9.17) is 47.4 Å². The third kappa shape index (κ3) is 13.8. The van der Waals surface area contributed by atoms with Gasteiger partial charge in [0.1, 0.15) is 37.1 Å². The average molecular weight is 749 g/mol. The van der Waals surface area contributed by atoms with Gasteiger partial charge < -0.3 is 47.4 Å². The maximum absolute atomic E-state index is 13.8. The minimum Gasteiger partial charge on any atom is -0.485 e. The van der Waals surface area contributed by atoms with Gasteiger partial charge in [0, 0.05) is 26.4 Å². The van der Waals surface area contributed by atoms with Gasteiger partial charge in [0.15, 0.2) is 17.7 Å². The van der Waals surface area contributed by atoms with Crippen LogP contribution >= 0.6 is 0 Å². The van der Waals surface area contributed by atoms with Crippen LogP contribution in [0, 0.1) is 0 Å². The number of ether oxygens (including phenoxy) is 10. The SMILES string of the molecule is CCCCCOC[C@H]1O[C@@H](OC2=C(OCc3ccccc3)[C@@H]([C@@H]3COC(C)(C)O3)OC2=O)[C@H](OCCCCC)[C@@H](OCCCCC)[C@@H]1OCCCCC. The van der Waals surface area contributed by atoms with Crippen molar-refractivity contribution in [3.63, 3.8) is 0 Å². The van der Waals surface area contributed by atoms with Gasteiger partial charge in [0.25, 0.3) is 0 Å². The van der Waals surface area contributed by atoms with Gasteiger partial charge in [0.2, 0.25) is 12.0 Å². The summed E-state index contributed by atoms with van der Waals surface area (Å²) in [4.78, 5) is 13.8. The molecule has 7 atom stereocenters. The first-order chi connectivity index (χ1) is 25.8. The highest BCUT2D eigenvalue weighted by Gasteiger charge is 2.53. The number of rotatable bonds is 27. The van der Waals surface area contributed by atoms with Gasteiger partial charge in [-0.25, -0.2) is 4.79 Å². The number of hydrogen-bond donors (Lipinski definition) is 0. The summed E-state index contributed by atoms with van der Waals surface area (Å²) < 4.78 is 64.0. The van der Waals surface area contributed by atoms with E-state index in [2.05, 4.69) is 27.7 Å². The summed E-state index contributed by atoms with van der Waals surface area (Å²) in [5, 5.41) is 0. The average Bonchev–Trinajstić information content (AvgIpc) is 3.68. The largest absolute Gasteiger partial charge is 0.485 e. The van der Waals surface area contributed by atoms with Gasteiger partial charge in [-0.1, -0.05) is 109 Å². The first kappa shape index (κ1) is 43.5. The number of unbranched alkanes of at least 4 members (excludes halogenated alkanes) is 8. The summed E-state index contributed by atoms with van der Waals surface area (Å²) in [6.07, 6.45) is 7.41. The third-order valence-electron chi connectivity index (χ3n) is 9.68. The molecule has 1 aromatic carbocycles. The molecule has 11 heteroatoms. The number of carbonyl (C=O) groups is 1. The smallest absolute Gasteiger partial charge is 0.378 e. The molecule has 3 aliphatic heterocycles. The second-order valence-electron chi connectivity index (χ2n) is 14.7. The molecular weight excluding hydrogens is 680 g/mol. The number of benzene rings is 1. The molecule has 0 spiro atoms. The van der Waals surface area contributed by atoms with Gasteiger partial charge in [-0.05, 0) is 45.1 Å². The number of cyclic esters (lactones) is 1. The molecule has 11 nitrogen and oxygen atoms in total. The van der Waals surface area contributed by atoms with Crippen molar-refractivity contribution in [2.45, 2.75) is 174 Å². The van der Waals surface area contributed by atoms with E-state index in [1.54, 1.807) is 0 Å². The lowest BCUT2D eigenvalue weighted by molar-refractivity contribution is -0.316. The fourth-order valence-electron chi connectivity index (χ4n) is 6.71. The molecule has 0 N–H and O–H groups in total. The Morgan fingerprint density at radius 3 is 1.91 bits per heavy atom. The zero-order valence-electron chi connectivity index (χ0n) is 33.4. The van der Waals surface area contributed by atoms with Gasteiger partial charge >= 0.3 is 5.97 Å². The van der Waals surface area contributed by atoms with Crippen molar-refractivity contribution >= 4 is 5.97 Å². The lowest BCUT2D eigenvalue weighted by atomic mass is 9.97. The van der Waals surface area contributed by atoms with Crippen molar-refractivity contribution in [1.82, 2.24) is 0 Å². The van der Waals surface area contributed by atoms with E-state index in [9.17, 15) is 4.79 Å². The highest BCUT2D eigenvalue weighted by atomic mass is 16.8. The minimum absolute atomic E-state index is 0.0685. The normalized spacial score (nSPS) is 27.0. The van der Waals surface area contributed by atoms with Crippen LogP contribution in [-0.2, 0) is 58.8 Å². The Labute approximate surface area is 318 Å². The van der Waals surface area contributed by atoms with Crippen molar-refractivity contribution < 1.29 is 52.2 Å². The van der Waals surface area contributed by atoms with E-state index >= 15 is 0 Å². The monoisotopic (exact) mass is 748 g/mol. The zero-order valence-corrected chi connectivity index (χ0v) is 33.4. The van der Waals surface area contributed by atoms with Crippen molar-refractivity contribution in [2.24, 2.45) is 0 Å². The van der Waals surface area contributed by atoms with E-state index in [1.165, 1.54) is 0 Å². The summed E-state index contributed by atoms with van der Waals surface area (Å²) in [5.74, 6) is -1.33. The van der Waals surface area contributed by atoms with Crippen LogP contribution in [0.15, 0.2) is 41.9 Å². The second-order valence-corrected chi connectivity index (χ2v) is 14.7. The molecule has 2 saturated heterocycles. The fraction of sp³-hybridized carbons (Fsp3) is 0.786. The van der Waals surface area contributed by atoms with Gasteiger partial charge in [0.05, 0.1) is 13.2 Å². The van der Waals surface area contributed by atoms with E-state index in [0.29, 0.717) is 26.4 Å². The molecule has 1 aromatic rings. The first-order valence-electron chi connectivity index (χ1n) is 20.5. The molecule has 4 rings (SSSR count). The van der Waals surface area contributed by atoms with Gasteiger partial charge in [-0.15, -0.1) is 0 Å². The van der Waals surface area contributed by atoms with Gasteiger partial charge in [-0.2, -0.15) is 0 Å². The molecule has 0 aromatic heterocycles. The molecule has 0 unspecified atom stereocenters. The molecule has 0 aliphatic carbocycles. The highest BCUT2D eigenvalue weighted by molar-refractivity contribution is 5.89. The maximum Gasteiger partial charge on any atom is 0.378 e. The van der Waals surface area contributed by atoms with Crippen LogP contribution < -0.4 is 0 Å². The molecule has 3 aliphatic rings. The van der Waals surface area contributed by atoms with Crippen LogP contribution in [0.5, 0.6) is 0 Å². The Morgan fingerprint density at radius 2 is 1.32 bits per heavy atom. The standard InChI is InChI=1S/C42H68O11/c1-7-11-18-24-44-29-32-34(45-25-19-12-8-2)36(46-26-20-13-9-3)39(47-27-21-14-10-4)41(50-32)52-38-37(48-28-31-22-16-15-17-23-31)35(51-40(38)43)33-30-49-42(5,6)53-33/h15-17,22-23,32-36,39,41H,7-14,18-21,24-30H2,1-6H3/t32-,33+,34-,35-,36+,39-,41+/m1/s1. The molecule has 0 bridgehead atoms. The van der Waals surface area contributed by atoms with Crippen LogP contribution in [0.3, 0.4) is 0 Å². The van der Waals surface area contributed by atoms with E-state index < -0.39 is 54.7 Å².